The first kappa shape index (κ1) is 32.2. The molecule has 2 saturated heterocycles. The number of nitrogens with one attached hydrogen (secondary N) is 1. The van der Waals surface area contributed by atoms with E-state index in [1.165, 1.54) is 24.3 Å². The van der Waals surface area contributed by atoms with E-state index in [-0.39, 0.29) is 47.0 Å². The Balaban J connectivity index is 1.07. The van der Waals surface area contributed by atoms with Crippen molar-refractivity contribution in [1.82, 2.24) is 39.6 Å². The summed E-state index contributed by atoms with van der Waals surface area (Å²) in [4.78, 5) is 21.2. The molecule has 5 aromatic rings. The third-order valence-corrected chi connectivity index (χ3v) is 8.71. The number of hydrogen-bond acceptors (Lipinski definition) is 9. The maximum atomic E-state index is 15.0. The molecule has 2 fully saturated rings. The van der Waals surface area contributed by atoms with Crippen molar-refractivity contribution in [1.29, 1.82) is 0 Å². The van der Waals surface area contributed by atoms with Gasteiger partial charge in [-0.3, -0.25) is 15.0 Å². The highest BCUT2D eigenvalue weighted by Gasteiger charge is 2.36. The lowest BCUT2D eigenvalue weighted by Crippen LogP contribution is -2.52. The topological polar surface area (TPSA) is 110 Å². The first-order valence-electron chi connectivity index (χ1n) is 15.2. The molecule has 7 rings (SSSR count). The molecule has 4 aromatic heterocycles. The van der Waals surface area contributed by atoms with Gasteiger partial charge in [-0.2, -0.15) is 23.3 Å². The molecule has 0 amide bonds. The van der Waals surface area contributed by atoms with Gasteiger partial charge in [-0.25, -0.2) is 18.7 Å². The van der Waals surface area contributed by atoms with Crippen LogP contribution >= 0.6 is 11.6 Å². The summed E-state index contributed by atoms with van der Waals surface area (Å²) in [5, 5.41) is 5.88. The molecule has 2 atom stereocenters. The van der Waals surface area contributed by atoms with Gasteiger partial charge in [-0.15, -0.1) is 0 Å². The Labute approximate surface area is 275 Å². The van der Waals surface area contributed by atoms with E-state index in [0.717, 1.165) is 12.2 Å². The molecule has 0 unspecified atom stereocenters. The van der Waals surface area contributed by atoms with Gasteiger partial charge in [0.25, 0.3) is 0 Å². The Morgan fingerprint density at radius 2 is 1.90 bits per heavy atom. The lowest BCUT2D eigenvalue weighted by atomic mass is 10.1. The minimum Gasteiger partial charge on any atom is -0.473 e. The van der Waals surface area contributed by atoms with Crippen LogP contribution in [0.3, 0.4) is 0 Å². The monoisotopic (exact) mass is 689 g/mol. The Bertz CT molecular complexity index is 1950. The molecule has 2 aliphatic rings. The van der Waals surface area contributed by atoms with Crippen molar-refractivity contribution in [2.24, 2.45) is 0 Å². The SMILES string of the molecule is C[C@H]1CN(c2nc(OCc3ccc(Cl)cc3F)ccc2F)CCN1Cc1nc2cc(-c3n[nH]c(C(F)(F)F)n3)ncc2n1C[C@@H]1CCO1. The number of imidazole rings is 1. The zero-order valence-corrected chi connectivity index (χ0v) is 26.3. The average molecular weight is 690 g/mol. The number of piperazine rings is 1. The lowest BCUT2D eigenvalue weighted by Gasteiger charge is -2.40. The summed E-state index contributed by atoms with van der Waals surface area (Å²) >= 11 is 5.83. The molecule has 6 heterocycles. The van der Waals surface area contributed by atoms with Crippen LogP contribution in [0.1, 0.15) is 30.6 Å². The van der Waals surface area contributed by atoms with Crippen LogP contribution in [0.4, 0.5) is 27.8 Å². The zero-order chi connectivity index (χ0) is 33.6. The summed E-state index contributed by atoms with van der Waals surface area (Å²) in [7, 11) is 0. The van der Waals surface area contributed by atoms with Gasteiger partial charge in [0.2, 0.25) is 11.7 Å². The number of halogens is 6. The molecule has 17 heteroatoms. The normalized spacial score (nSPS) is 18.8. The number of pyridine rings is 2. The number of benzene rings is 1. The largest absolute Gasteiger partial charge is 0.473 e. The summed E-state index contributed by atoms with van der Waals surface area (Å²) in [6.07, 6.45) is -2.19. The molecule has 1 aromatic carbocycles. The van der Waals surface area contributed by atoms with E-state index < -0.39 is 23.6 Å². The van der Waals surface area contributed by atoms with Crippen LogP contribution < -0.4 is 9.64 Å². The lowest BCUT2D eigenvalue weighted by molar-refractivity contribution is -0.144. The van der Waals surface area contributed by atoms with Crippen LogP contribution in [-0.2, 0) is 30.6 Å². The molecule has 0 radical (unpaired) electrons. The van der Waals surface area contributed by atoms with Crippen molar-refractivity contribution in [2.75, 3.05) is 31.1 Å². The van der Waals surface area contributed by atoms with Gasteiger partial charge >= 0.3 is 6.18 Å². The van der Waals surface area contributed by atoms with Gasteiger partial charge in [0.05, 0.1) is 36.4 Å². The number of aromatic amines is 1. The average Bonchev–Trinajstić information content (AvgIpc) is 3.65. The number of anilines is 1. The van der Waals surface area contributed by atoms with Crippen molar-refractivity contribution >= 4 is 28.5 Å². The van der Waals surface area contributed by atoms with Crippen molar-refractivity contribution in [3.05, 3.63) is 76.5 Å². The fraction of sp³-hybridized carbons (Fsp3) is 0.387. The predicted octanol–water partition coefficient (Wildman–Crippen LogP) is 5.64. The molecule has 48 heavy (non-hydrogen) atoms. The number of hydrogen-bond donors (Lipinski definition) is 1. The third kappa shape index (κ3) is 6.64. The van der Waals surface area contributed by atoms with Crippen LogP contribution in [0.2, 0.25) is 5.02 Å². The van der Waals surface area contributed by atoms with Crippen molar-refractivity contribution in [3.8, 4) is 17.4 Å². The Morgan fingerprint density at radius 3 is 2.60 bits per heavy atom. The van der Waals surface area contributed by atoms with Crippen molar-refractivity contribution < 1.29 is 31.4 Å². The summed E-state index contributed by atoms with van der Waals surface area (Å²) < 4.78 is 81.8. The third-order valence-electron chi connectivity index (χ3n) is 8.48. The highest BCUT2D eigenvalue weighted by molar-refractivity contribution is 6.30. The molecule has 11 nitrogen and oxygen atoms in total. The minimum absolute atomic E-state index is 0.0113. The van der Waals surface area contributed by atoms with E-state index in [1.54, 1.807) is 18.3 Å². The maximum Gasteiger partial charge on any atom is 0.451 e. The first-order chi connectivity index (χ1) is 23.0. The van der Waals surface area contributed by atoms with E-state index in [4.69, 9.17) is 26.1 Å². The summed E-state index contributed by atoms with van der Waals surface area (Å²) in [6.45, 7) is 5.09. The fourth-order valence-electron chi connectivity index (χ4n) is 5.77. The number of ether oxygens (including phenoxy) is 2. The number of H-pyrrole nitrogens is 1. The number of nitrogens with zero attached hydrogens (tertiary/aromatic N) is 8. The number of aromatic nitrogens is 7. The number of rotatable bonds is 9. The molecule has 0 bridgehead atoms. The van der Waals surface area contributed by atoms with Crippen LogP contribution in [-0.4, -0.2) is 78.0 Å². The quantitative estimate of drug-likeness (QED) is 0.197. The van der Waals surface area contributed by atoms with E-state index in [2.05, 4.69) is 25.0 Å². The van der Waals surface area contributed by atoms with Gasteiger partial charge in [0.15, 0.2) is 17.5 Å². The van der Waals surface area contributed by atoms with Gasteiger partial charge in [-0.1, -0.05) is 17.7 Å². The van der Waals surface area contributed by atoms with Crippen LogP contribution in [0.15, 0.2) is 42.6 Å². The highest BCUT2D eigenvalue weighted by atomic mass is 35.5. The van der Waals surface area contributed by atoms with Crippen LogP contribution in [0.5, 0.6) is 5.88 Å². The second-order valence-electron chi connectivity index (χ2n) is 11.7. The summed E-state index contributed by atoms with van der Waals surface area (Å²) in [5.74, 6) is -1.35. The van der Waals surface area contributed by atoms with Gasteiger partial charge < -0.3 is 18.9 Å². The van der Waals surface area contributed by atoms with Crippen molar-refractivity contribution in [3.63, 3.8) is 0 Å². The van der Waals surface area contributed by atoms with E-state index in [1.807, 2.05) is 21.5 Å². The first-order valence-corrected chi connectivity index (χ1v) is 15.6. The Kier molecular flexibility index (Phi) is 8.64. The Morgan fingerprint density at radius 1 is 1.06 bits per heavy atom. The van der Waals surface area contributed by atoms with Crippen LogP contribution in [0, 0.1) is 11.6 Å². The molecule has 1 N–H and O–H groups in total. The van der Waals surface area contributed by atoms with Gasteiger partial charge in [0, 0.05) is 48.9 Å². The van der Waals surface area contributed by atoms with E-state index in [0.29, 0.717) is 55.9 Å². The molecular formula is C31H29ClF5N9O2. The van der Waals surface area contributed by atoms with E-state index in [9.17, 15) is 22.0 Å². The zero-order valence-electron chi connectivity index (χ0n) is 25.5. The minimum atomic E-state index is -4.66. The second-order valence-corrected chi connectivity index (χ2v) is 12.2. The maximum absolute atomic E-state index is 15.0. The van der Waals surface area contributed by atoms with Crippen LogP contribution in [0.25, 0.3) is 22.6 Å². The summed E-state index contributed by atoms with van der Waals surface area (Å²) in [5.41, 5.74) is 1.71. The predicted molar refractivity (Wildman–Crippen MR) is 164 cm³/mol. The standard InChI is InChI=1S/C31H29ClF5N9O2/c1-17-13-45(29-21(33)4-5-27(40-29)48-16-18-2-3-19(32)10-22(18)34)8-7-44(17)15-26-39-23-11-24(28-41-30(43-42-28)31(35,36)37)38-12-25(23)46(26)14-20-6-9-47-20/h2-5,10-12,17,20H,6-9,13-16H2,1H3,(H,41,42,43)/t17-,20-/m0/s1. The van der Waals surface area contributed by atoms with Gasteiger partial charge in [-0.05, 0) is 37.6 Å². The Hall–Kier alpha value is -4.41. The molecular weight excluding hydrogens is 661 g/mol. The highest BCUT2D eigenvalue weighted by Crippen LogP contribution is 2.30. The smallest absolute Gasteiger partial charge is 0.451 e. The fourth-order valence-corrected chi connectivity index (χ4v) is 5.93. The molecule has 0 spiro atoms. The van der Waals surface area contributed by atoms with Gasteiger partial charge in [0.1, 0.15) is 23.9 Å². The molecule has 0 aliphatic carbocycles. The summed E-state index contributed by atoms with van der Waals surface area (Å²) in [6, 6.07) is 8.50. The second kappa shape index (κ2) is 12.9. The van der Waals surface area contributed by atoms with Crippen molar-refractivity contribution in [2.45, 2.75) is 51.4 Å². The van der Waals surface area contributed by atoms with E-state index >= 15 is 0 Å². The number of fused-ring (bicyclic) bond motifs is 1. The number of alkyl halides is 3. The molecule has 0 saturated carbocycles. The molecule has 252 valence electrons. The molecule has 2 aliphatic heterocycles.